The number of nitrogens with zero attached hydrogens (tertiary/aromatic N) is 1. The van der Waals surface area contributed by atoms with Crippen molar-refractivity contribution in [3.8, 4) is 0 Å². The van der Waals surface area contributed by atoms with Crippen LogP contribution >= 0.6 is 0 Å². The summed E-state index contributed by atoms with van der Waals surface area (Å²) in [6, 6.07) is 30.3. The monoisotopic (exact) mass is 369 g/mol. The van der Waals surface area contributed by atoms with E-state index in [0.29, 0.717) is 13.0 Å². The number of benzene rings is 3. The Kier molecular flexibility index (Phi) is 4.06. The Bertz CT molecular complexity index is 924. The molecule has 0 bridgehead atoms. The van der Waals surface area contributed by atoms with E-state index >= 15 is 0 Å². The molecule has 2 heterocycles. The average molecular weight is 369 g/mol. The van der Waals surface area contributed by atoms with Crippen LogP contribution in [0.25, 0.3) is 0 Å². The Morgan fingerprint density at radius 2 is 1.29 bits per heavy atom. The standard InChI is InChI=1S/C25H23NO2/c27-23-25(20-11-4-1-5-12-20,21-13-6-2-7-14-21)19-24(17-10-18-28-24)26(23)22-15-8-3-9-16-22/h1-9,11-16H,10,17-19H2. The average Bonchev–Trinajstić information content (AvgIpc) is 3.33. The summed E-state index contributed by atoms with van der Waals surface area (Å²) in [7, 11) is 0. The van der Waals surface area contributed by atoms with Gasteiger partial charge in [-0.15, -0.1) is 0 Å². The zero-order valence-electron chi connectivity index (χ0n) is 15.8. The second-order valence-electron chi connectivity index (χ2n) is 7.69. The third kappa shape index (κ3) is 2.43. The maximum Gasteiger partial charge on any atom is 0.244 e. The molecular formula is C25H23NO2. The lowest BCUT2D eigenvalue weighted by Gasteiger charge is -2.33. The predicted octanol–water partition coefficient (Wildman–Crippen LogP) is 4.92. The van der Waals surface area contributed by atoms with Gasteiger partial charge >= 0.3 is 0 Å². The molecule has 0 saturated carbocycles. The minimum absolute atomic E-state index is 0.0954. The molecule has 3 heteroatoms. The molecule has 2 aliphatic heterocycles. The van der Waals surface area contributed by atoms with Gasteiger partial charge in [-0.3, -0.25) is 9.69 Å². The third-order valence-electron chi connectivity index (χ3n) is 6.15. The van der Waals surface area contributed by atoms with Crippen molar-refractivity contribution in [1.29, 1.82) is 0 Å². The highest BCUT2D eigenvalue weighted by atomic mass is 16.5. The Morgan fingerprint density at radius 1 is 0.750 bits per heavy atom. The van der Waals surface area contributed by atoms with Crippen molar-refractivity contribution in [2.45, 2.75) is 30.4 Å². The molecule has 1 unspecified atom stereocenters. The van der Waals surface area contributed by atoms with Crippen LogP contribution in [-0.4, -0.2) is 18.2 Å². The summed E-state index contributed by atoms with van der Waals surface area (Å²) in [5.41, 5.74) is 1.62. The number of para-hydroxylation sites is 1. The number of carbonyl (C=O) groups is 1. The molecule has 3 nitrogen and oxygen atoms in total. The summed E-state index contributed by atoms with van der Waals surface area (Å²) in [5.74, 6) is 0.0954. The molecule has 2 fully saturated rings. The summed E-state index contributed by atoms with van der Waals surface area (Å²) in [6.45, 7) is 0.691. The van der Waals surface area contributed by atoms with E-state index in [0.717, 1.165) is 29.7 Å². The number of anilines is 1. The summed E-state index contributed by atoms with van der Waals surface area (Å²) in [4.78, 5) is 16.2. The summed E-state index contributed by atoms with van der Waals surface area (Å²) >= 11 is 0. The SMILES string of the molecule is O=C1N(c2ccccc2)C2(CCCO2)CC1(c1ccccc1)c1ccccc1. The fraction of sp³-hybridized carbons (Fsp3) is 0.240. The topological polar surface area (TPSA) is 29.5 Å². The van der Waals surface area contributed by atoms with Gasteiger partial charge in [-0.2, -0.15) is 0 Å². The lowest BCUT2D eigenvalue weighted by molar-refractivity contribution is -0.121. The van der Waals surface area contributed by atoms with Gasteiger partial charge in [0.1, 0.15) is 11.1 Å². The maximum atomic E-state index is 14.2. The number of ether oxygens (including phenoxy) is 1. The van der Waals surface area contributed by atoms with E-state index in [4.69, 9.17) is 4.74 Å². The molecule has 0 aromatic heterocycles. The highest BCUT2D eigenvalue weighted by Gasteiger charge is 2.63. The van der Waals surface area contributed by atoms with Crippen LogP contribution in [0.15, 0.2) is 91.0 Å². The quantitative estimate of drug-likeness (QED) is 0.656. The zero-order valence-corrected chi connectivity index (χ0v) is 15.8. The molecule has 0 N–H and O–H groups in total. The molecule has 3 aromatic carbocycles. The van der Waals surface area contributed by atoms with Crippen LogP contribution < -0.4 is 4.90 Å². The van der Waals surface area contributed by atoms with Crippen LogP contribution in [0.3, 0.4) is 0 Å². The van der Waals surface area contributed by atoms with E-state index in [2.05, 4.69) is 24.3 Å². The third-order valence-corrected chi connectivity index (χ3v) is 6.15. The first-order chi connectivity index (χ1) is 13.8. The lowest BCUT2D eigenvalue weighted by Crippen LogP contribution is -2.46. The van der Waals surface area contributed by atoms with Crippen LogP contribution in [0.4, 0.5) is 5.69 Å². The normalized spacial score (nSPS) is 23.4. The molecule has 1 atom stereocenters. The molecule has 0 aliphatic carbocycles. The van der Waals surface area contributed by atoms with Crippen LogP contribution in [0, 0.1) is 0 Å². The Balaban J connectivity index is 1.76. The summed E-state index contributed by atoms with van der Waals surface area (Å²) in [5, 5.41) is 0. The van der Waals surface area contributed by atoms with Crippen LogP contribution in [0.2, 0.25) is 0 Å². The van der Waals surface area contributed by atoms with E-state index in [1.807, 2.05) is 71.6 Å². The van der Waals surface area contributed by atoms with Crippen molar-refractivity contribution in [2.75, 3.05) is 11.5 Å². The number of amides is 1. The Labute approximate surface area is 165 Å². The lowest BCUT2D eigenvalue weighted by atomic mass is 9.71. The van der Waals surface area contributed by atoms with E-state index < -0.39 is 11.1 Å². The van der Waals surface area contributed by atoms with Gasteiger partial charge in [0.05, 0.1) is 0 Å². The Hall–Kier alpha value is -2.91. The van der Waals surface area contributed by atoms with Gasteiger partial charge in [0.25, 0.3) is 0 Å². The molecule has 0 radical (unpaired) electrons. The van der Waals surface area contributed by atoms with Gasteiger partial charge in [-0.05, 0) is 36.1 Å². The van der Waals surface area contributed by atoms with Crippen molar-refractivity contribution in [3.63, 3.8) is 0 Å². The number of hydrogen-bond acceptors (Lipinski definition) is 2. The highest BCUT2D eigenvalue weighted by molar-refractivity contribution is 6.07. The van der Waals surface area contributed by atoms with Crippen LogP contribution in [0.1, 0.15) is 30.4 Å². The summed E-state index contributed by atoms with van der Waals surface area (Å²) < 4.78 is 6.34. The maximum absolute atomic E-state index is 14.2. The molecule has 3 aromatic rings. The van der Waals surface area contributed by atoms with Crippen molar-refractivity contribution in [3.05, 3.63) is 102 Å². The molecule has 2 aliphatic rings. The Morgan fingerprint density at radius 3 is 1.79 bits per heavy atom. The predicted molar refractivity (Wildman–Crippen MR) is 110 cm³/mol. The van der Waals surface area contributed by atoms with Crippen molar-refractivity contribution in [2.24, 2.45) is 0 Å². The number of carbonyl (C=O) groups excluding carboxylic acids is 1. The smallest absolute Gasteiger partial charge is 0.244 e. The molecule has 140 valence electrons. The van der Waals surface area contributed by atoms with Crippen LogP contribution in [-0.2, 0) is 14.9 Å². The number of rotatable bonds is 3. The molecule has 5 rings (SSSR count). The fourth-order valence-electron chi connectivity index (χ4n) is 4.94. The van der Waals surface area contributed by atoms with Crippen molar-refractivity contribution in [1.82, 2.24) is 0 Å². The van der Waals surface area contributed by atoms with Crippen molar-refractivity contribution < 1.29 is 9.53 Å². The van der Waals surface area contributed by atoms with Gasteiger partial charge in [-0.25, -0.2) is 0 Å². The summed E-state index contributed by atoms with van der Waals surface area (Å²) in [6.07, 6.45) is 2.45. The molecule has 1 amide bonds. The zero-order chi connectivity index (χ0) is 19.0. The molecule has 28 heavy (non-hydrogen) atoms. The molecule has 1 spiro atoms. The van der Waals surface area contributed by atoms with Gasteiger partial charge in [0.2, 0.25) is 5.91 Å². The van der Waals surface area contributed by atoms with Crippen LogP contribution in [0.5, 0.6) is 0 Å². The van der Waals surface area contributed by atoms with Gasteiger partial charge < -0.3 is 4.74 Å². The largest absolute Gasteiger partial charge is 0.355 e. The second-order valence-corrected chi connectivity index (χ2v) is 7.69. The van der Waals surface area contributed by atoms with E-state index in [9.17, 15) is 4.79 Å². The fourth-order valence-corrected chi connectivity index (χ4v) is 4.94. The number of hydrogen-bond donors (Lipinski definition) is 0. The van der Waals surface area contributed by atoms with E-state index in [-0.39, 0.29) is 5.91 Å². The van der Waals surface area contributed by atoms with Gasteiger partial charge in [-0.1, -0.05) is 78.9 Å². The first-order valence-electron chi connectivity index (χ1n) is 9.91. The van der Waals surface area contributed by atoms with Crippen molar-refractivity contribution >= 4 is 11.6 Å². The van der Waals surface area contributed by atoms with E-state index in [1.54, 1.807) is 0 Å². The van der Waals surface area contributed by atoms with E-state index in [1.165, 1.54) is 0 Å². The molecular weight excluding hydrogens is 346 g/mol. The first kappa shape index (κ1) is 17.2. The minimum Gasteiger partial charge on any atom is -0.355 e. The highest BCUT2D eigenvalue weighted by Crippen LogP contribution is 2.54. The minimum atomic E-state index is -0.747. The first-order valence-corrected chi connectivity index (χ1v) is 9.91. The van der Waals surface area contributed by atoms with Gasteiger partial charge in [0.15, 0.2) is 0 Å². The second kappa shape index (κ2) is 6.61. The molecule has 2 saturated heterocycles. The van der Waals surface area contributed by atoms with Gasteiger partial charge in [0, 0.05) is 18.7 Å².